The molecule has 2 aliphatic heterocycles. The van der Waals surface area contributed by atoms with Gasteiger partial charge in [-0.25, -0.2) is 9.59 Å². The molecule has 2 heterocycles. The van der Waals surface area contributed by atoms with Crippen molar-refractivity contribution in [2.24, 2.45) is 0 Å². The molecule has 1 fully saturated rings. The molecule has 0 aliphatic carbocycles. The Bertz CT molecular complexity index is 355. The molecule has 0 saturated carbocycles. The highest BCUT2D eigenvalue weighted by molar-refractivity contribution is 5.83. The number of hydrogen-bond donors (Lipinski definition) is 2. The highest BCUT2D eigenvalue weighted by atomic mass is 16.4. The van der Waals surface area contributed by atoms with Crippen LogP contribution < -0.4 is 0 Å². The molecular formula is C11H16N2O4. The topological polar surface area (TPSA) is 81.1 Å². The number of rotatable bonds is 1. The van der Waals surface area contributed by atoms with Crippen molar-refractivity contribution in [3.63, 3.8) is 0 Å². The lowest BCUT2D eigenvalue weighted by molar-refractivity contribution is -0.141. The summed E-state index contributed by atoms with van der Waals surface area (Å²) in [5.74, 6) is -1.05. The molecule has 94 valence electrons. The van der Waals surface area contributed by atoms with Gasteiger partial charge in [0, 0.05) is 26.1 Å². The molecule has 0 bridgehead atoms. The Morgan fingerprint density at radius 2 is 2.06 bits per heavy atom. The normalized spacial score (nSPS) is 28.5. The molecule has 6 heteroatoms. The van der Waals surface area contributed by atoms with Crippen molar-refractivity contribution in [2.75, 3.05) is 19.6 Å². The second-order valence-corrected chi connectivity index (χ2v) is 4.38. The minimum absolute atomic E-state index is 0.107. The number of aliphatic hydroxyl groups excluding tert-OH is 1. The maximum atomic E-state index is 12.1. The van der Waals surface area contributed by atoms with Crippen molar-refractivity contribution in [3.8, 4) is 0 Å². The molecule has 0 unspecified atom stereocenters. The van der Waals surface area contributed by atoms with Gasteiger partial charge in [0.05, 0.1) is 6.10 Å². The number of carboxylic acids is 1. The lowest BCUT2D eigenvalue weighted by atomic mass is 10.2. The predicted octanol–water partition coefficient (Wildman–Crippen LogP) is -0.112. The Kier molecular flexibility index (Phi) is 3.33. The number of nitrogens with zero attached hydrogens (tertiary/aromatic N) is 2. The van der Waals surface area contributed by atoms with Crippen LogP contribution in [0, 0.1) is 0 Å². The predicted molar refractivity (Wildman–Crippen MR) is 59.5 cm³/mol. The lowest BCUT2D eigenvalue weighted by Crippen LogP contribution is -2.49. The number of hydrogen-bond acceptors (Lipinski definition) is 3. The van der Waals surface area contributed by atoms with Crippen molar-refractivity contribution >= 4 is 12.0 Å². The summed E-state index contributed by atoms with van der Waals surface area (Å²) in [6.07, 6.45) is 4.06. The van der Waals surface area contributed by atoms with Gasteiger partial charge in [-0.2, -0.15) is 0 Å². The molecule has 17 heavy (non-hydrogen) atoms. The monoisotopic (exact) mass is 240 g/mol. The van der Waals surface area contributed by atoms with Crippen LogP contribution in [0.2, 0.25) is 0 Å². The number of aliphatic carboxylic acids is 1. The van der Waals surface area contributed by atoms with Crippen LogP contribution in [0.4, 0.5) is 4.79 Å². The van der Waals surface area contributed by atoms with Crippen LogP contribution in [-0.2, 0) is 4.79 Å². The average molecular weight is 240 g/mol. The van der Waals surface area contributed by atoms with Gasteiger partial charge in [-0.15, -0.1) is 0 Å². The molecule has 2 N–H and O–H groups in total. The van der Waals surface area contributed by atoms with E-state index < -0.39 is 18.1 Å². The van der Waals surface area contributed by atoms with Gasteiger partial charge in [-0.3, -0.25) is 0 Å². The standard InChI is InChI=1S/C11H16N2O4/c14-8-6-9(10(15)16)13(7-8)11(17)12-4-2-1-3-5-12/h1-2,8-9,14H,3-7H2,(H,15,16)/t8-,9-/m0/s1. The first-order valence-corrected chi connectivity index (χ1v) is 5.71. The Hall–Kier alpha value is -1.56. The molecule has 2 rings (SSSR count). The summed E-state index contributed by atoms with van der Waals surface area (Å²) in [5.41, 5.74) is 0. The van der Waals surface area contributed by atoms with E-state index in [1.165, 1.54) is 4.90 Å². The first kappa shape index (κ1) is 11.9. The minimum atomic E-state index is -1.05. The van der Waals surface area contributed by atoms with E-state index in [0.717, 1.165) is 6.42 Å². The Morgan fingerprint density at radius 1 is 1.29 bits per heavy atom. The van der Waals surface area contributed by atoms with Crippen LogP contribution in [0.3, 0.4) is 0 Å². The van der Waals surface area contributed by atoms with E-state index in [0.29, 0.717) is 13.1 Å². The van der Waals surface area contributed by atoms with Crippen LogP contribution >= 0.6 is 0 Å². The summed E-state index contributed by atoms with van der Waals surface area (Å²) in [4.78, 5) is 26.0. The average Bonchev–Trinajstić information content (AvgIpc) is 2.72. The smallest absolute Gasteiger partial charge is 0.326 e. The summed E-state index contributed by atoms with van der Waals surface area (Å²) in [7, 11) is 0. The molecule has 0 radical (unpaired) electrons. The van der Waals surface area contributed by atoms with Crippen LogP contribution in [-0.4, -0.2) is 63.8 Å². The molecule has 0 spiro atoms. The third-order valence-corrected chi connectivity index (χ3v) is 3.14. The molecule has 1 saturated heterocycles. The lowest BCUT2D eigenvalue weighted by Gasteiger charge is -2.30. The zero-order valence-corrected chi connectivity index (χ0v) is 9.45. The Balaban J connectivity index is 2.07. The summed E-state index contributed by atoms with van der Waals surface area (Å²) in [6.45, 7) is 1.22. The third kappa shape index (κ3) is 2.41. The van der Waals surface area contributed by atoms with Crippen molar-refractivity contribution in [1.29, 1.82) is 0 Å². The van der Waals surface area contributed by atoms with Crippen LogP contribution in [0.25, 0.3) is 0 Å². The Morgan fingerprint density at radius 3 is 2.65 bits per heavy atom. The number of carboxylic acid groups (broad SMARTS) is 1. The van der Waals surface area contributed by atoms with Crippen molar-refractivity contribution < 1.29 is 19.8 Å². The molecule has 0 aromatic heterocycles. The van der Waals surface area contributed by atoms with E-state index >= 15 is 0 Å². The van der Waals surface area contributed by atoms with E-state index in [9.17, 15) is 14.7 Å². The fourth-order valence-electron chi connectivity index (χ4n) is 2.26. The number of carbonyl (C=O) groups excluding carboxylic acids is 1. The molecule has 0 aromatic rings. The largest absolute Gasteiger partial charge is 0.480 e. The summed E-state index contributed by atoms with van der Waals surface area (Å²) in [6, 6.07) is -1.19. The first-order valence-electron chi connectivity index (χ1n) is 5.71. The first-order chi connectivity index (χ1) is 8.09. The molecule has 0 aromatic carbocycles. The minimum Gasteiger partial charge on any atom is -0.480 e. The summed E-state index contributed by atoms with van der Waals surface area (Å²) >= 11 is 0. The molecule has 2 amide bonds. The van der Waals surface area contributed by atoms with Gasteiger partial charge in [0.25, 0.3) is 0 Å². The zero-order valence-electron chi connectivity index (χ0n) is 9.45. The zero-order chi connectivity index (χ0) is 12.4. The second kappa shape index (κ2) is 4.75. The van der Waals surface area contributed by atoms with Gasteiger partial charge in [-0.05, 0) is 6.42 Å². The second-order valence-electron chi connectivity index (χ2n) is 4.38. The van der Waals surface area contributed by atoms with E-state index in [1.54, 1.807) is 4.90 Å². The number of carbonyl (C=O) groups is 2. The van der Waals surface area contributed by atoms with Gasteiger partial charge in [0.1, 0.15) is 6.04 Å². The highest BCUT2D eigenvalue weighted by Crippen LogP contribution is 2.20. The van der Waals surface area contributed by atoms with Crippen molar-refractivity contribution in [2.45, 2.75) is 25.0 Å². The van der Waals surface area contributed by atoms with E-state index in [-0.39, 0.29) is 19.0 Å². The third-order valence-electron chi connectivity index (χ3n) is 3.14. The number of β-amino-alcohol motifs (C(OH)–C–C–N with tert-alkyl or cyclic N) is 1. The van der Waals surface area contributed by atoms with Gasteiger partial charge < -0.3 is 20.0 Å². The van der Waals surface area contributed by atoms with Gasteiger partial charge in [-0.1, -0.05) is 12.2 Å². The van der Waals surface area contributed by atoms with Gasteiger partial charge >= 0.3 is 12.0 Å². The fraction of sp³-hybridized carbons (Fsp3) is 0.636. The van der Waals surface area contributed by atoms with Crippen molar-refractivity contribution in [3.05, 3.63) is 12.2 Å². The maximum Gasteiger partial charge on any atom is 0.326 e. The van der Waals surface area contributed by atoms with E-state index in [2.05, 4.69) is 0 Å². The van der Waals surface area contributed by atoms with E-state index in [1.807, 2.05) is 12.2 Å². The number of aliphatic hydroxyl groups is 1. The number of likely N-dealkylation sites (tertiary alicyclic amines) is 1. The van der Waals surface area contributed by atoms with Crippen LogP contribution in [0.1, 0.15) is 12.8 Å². The molecular weight excluding hydrogens is 224 g/mol. The fourth-order valence-corrected chi connectivity index (χ4v) is 2.26. The highest BCUT2D eigenvalue weighted by Gasteiger charge is 2.40. The van der Waals surface area contributed by atoms with Crippen molar-refractivity contribution in [1.82, 2.24) is 9.80 Å². The summed E-state index contributed by atoms with van der Waals surface area (Å²) < 4.78 is 0. The summed E-state index contributed by atoms with van der Waals surface area (Å²) in [5, 5.41) is 18.5. The number of urea groups is 1. The molecule has 2 aliphatic rings. The quantitative estimate of drug-likeness (QED) is 0.626. The maximum absolute atomic E-state index is 12.1. The SMILES string of the molecule is O=C(O)[C@@H]1C[C@H](O)CN1C(=O)N1CC=CCC1. The van der Waals surface area contributed by atoms with Gasteiger partial charge in [0.15, 0.2) is 0 Å². The van der Waals surface area contributed by atoms with Crippen LogP contribution in [0.5, 0.6) is 0 Å². The van der Waals surface area contributed by atoms with Gasteiger partial charge in [0.2, 0.25) is 0 Å². The van der Waals surface area contributed by atoms with Crippen LogP contribution in [0.15, 0.2) is 12.2 Å². The Labute approximate surface area is 99.1 Å². The van der Waals surface area contributed by atoms with E-state index in [4.69, 9.17) is 5.11 Å². The molecule has 6 nitrogen and oxygen atoms in total. The number of amides is 2. The molecule has 2 atom stereocenters.